The molecule has 0 saturated carbocycles. The highest BCUT2D eigenvalue weighted by atomic mass is 19.1. The fraction of sp³-hybridized carbons (Fsp3) is 0.300. The van der Waals surface area contributed by atoms with Gasteiger partial charge in [-0.3, -0.25) is 4.99 Å². The standard InChI is InChI=1S/C10H14FN/c1-5-6-7-12-9(4)10(11)8(2)3/h5-7H,2H2,1,3-4H3/b6-5+,10-9+,12-7-. The Morgan fingerprint density at radius 2 is 2.00 bits per heavy atom. The zero-order chi connectivity index (χ0) is 9.56. The molecule has 0 aliphatic rings. The van der Waals surface area contributed by atoms with Gasteiger partial charge in [0.1, 0.15) is 5.83 Å². The average Bonchev–Trinajstić information content (AvgIpc) is 2.03. The van der Waals surface area contributed by atoms with E-state index in [-0.39, 0.29) is 5.83 Å². The Labute approximate surface area is 73.0 Å². The molecule has 0 N–H and O–H groups in total. The van der Waals surface area contributed by atoms with E-state index in [0.29, 0.717) is 11.3 Å². The minimum atomic E-state index is -0.337. The highest BCUT2D eigenvalue weighted by Gasteiger charge is 1.98. The quantitative estimate of drug-likeness (QED) is 0.451. The summed E-state index contributed by atoms with van der Waals surface area (Å²) < 4.78 is 13.0. The fourth-order valence-corrected chi connectivity index (χ4v) is 0.606. The predicted molar refractivity (Wildman–Crippen MR) is 51.9 cm³/mol. The molecule has 0 rings (SSSR count). The number of aliphatic imine (C=N–C) groups is 1. The van der Waals surface area contributed by atoms with Gasteiger partial charge in [0.2, 0.25) is 0 Å². The van der Waals surface area contributed by atoms with E-state index in [0.717, 1.165) is 0 Å². The maximum atomic E-state index is 13.0. The third-order valence-corrected chi connectivity index (χ3v) is 1.24. The molecule has 0 aromatic rings. The second-order valence-corrected chi connectivity index (χ2v) is 2.48. The summed E-state index contributed by atoms with van der Waals surface area (Å²) in [5, 5.41) is 0. The van der Waals surface area contributed by atoms with Gasteiger partial charge >= 0.3 is 0 Å². The van der Waals surface area contributed by atoms with Crippen molar-refractivity contribution in [3.05, 3.63) is 35.8 Å². The molecule has 0 heterocycles. The van der Waals surface area contributed by atoms with E-state index >= 15 is 0 Å². The summed E-state index contributed by atoms with van der Waals surface area (Å²) in [4.78, 5) is 3.87. The maximum absolute atomic E-state index is 13.0. The lowest BCUT2D eigenvalue weighted by atomic mass is 10.2. The van der Waals surface area contributed by atoms with E-state index in [1.807, 2.05) is 13.0 Å². The van der Waals surface area contributed by atoms with Crippen molar-refractivity contribution in [2.75, 3.05) is 0 Å². The van der Waals surface area contributed by atoms with Crippen molar-refractivity contribution in [3.8, 4) is 0 Å². The van der Waals surface area contributed by atoms with Crippen molar-refractivity contribution in [1.29, 1.82) is 0 Å². The monoisotopic (exact) mass is 167 g/mol. The molecule has 0 saturated heterocycles. The van der Waals surface area contributed by atoms with Gasteiger partial charge in [-0.2, -0.15) is 0 Å². The van der Waals surface area contributed by atoms with Crippen molar-refractivity contribution in [2.45, 2.75) is 20.8 Å². The van der Waals surface area contributed by atoms with Gasteiger partial charge in [0.25, 0.3) is 0 Å². The summed E-state index contributed by atoms with van der Waals surface area (Å²) in [6.45, 7) is 8.58. The third kappa shape index (κ3) is 3.86. The first-order chi connectivity index (χ1) is 5.59. The van der Waals surface area contributed by atoms with E-state index < -0.39 is 0 Å². The molecule has 0 amide bonds. The normalized spacial score (nSPS) is 14.0. The third-order valence-electron chi connectivity index (χ3n) is 1.24. The smallest absolute Gasteiger partial charge is 0.146 e. The van der Waals surface area contributed by atoms with E-state index in [2.05, 4.69) is 11.6 Å². The number of hydrogen-bond donors (Lipinski definition) is 0. The lowest BCUT2D eigenvalue weighted by molar-refractivity contribution is 0.638. The van der Waals surface area contributed by atoms with Crippen LogP contribution >= 0.6 is 0 Å². The first kappa shape index (κ1) is 10.8. The minimum Gasteiger partial charge on any atom is -0.259 e. The van der Waals surface area contributed by atoms with Gasteiger partial charge in [-0.25, -0.2) is 4.39 Å². The highest BCUT2D eigenvalue weighted by molar-refractivity contribution is 5.72. The van der Waals surface area contributed by atoms with Crippen LogP contribution in [-0.2, 0) is 0 Å². The summed E-state index contributed by atoms with van der Waals surface area (Å²) in [5.74, 6) is -0.337. The van der Waals surface area contributed by atoms with Crippen LogP contribution in [0.2, 0.25) is 0 Å². The summed E-state index contributed by atoms with van der Waals surface area (Å²) in [5.41, 5.74) is 0.769. The summed E-state index contributed by atoms with van der Waals surface area (Å²) in [6.07, 6.45) is 5.13. The topological polar surface area (TPSA) is 12.4 Å². The lowest BCUT2D eigenvalue weighted by Crippen LogP contribution is -1.80. The summed E-state index contributed by atoms with van der Waals surface area (Å²) in [6, 6.07) is 0. The molecule has 0 bridgehead atoms. The molecule has 0 aromatic carbocycles. The van der Waals surface area contributed by atoms with E-state index in [9.17, 15) is 4.39 Å². The van der Waals surface area contributed by atoms with Crippen LogP contribution < -0.4 is 0 Å². The van der Waals surface area contributed by atoms with Crippen molar-refractivity contribution in [2.24, 2.45) is 4.99 Å². The van der Waals surface area contributed by atoms with Crippen molar-refractivity contribution >= 4 is 6.21 Å². The Kier molecular flexibility index (Phi) is 4.93. The zero-order valence-electron chi connectivity index (χ0n) is 7.76. The van der Waals surface area contributed by atoms with Crippen LogP contribution in [0.15, 0.2) is 40.8 Å². The first-order valence-corrected chi connectivity index (χ1v) is 3.77. The molecular weight excluding hydrogens is 153 g/mol. The highest BCUT2D eigenvalue weighted by Crippen LogP contribution is 2.14. The average molecular weight is 167 g/mol. The second kappa shape index (κ2) is 5.47. The molecule has 2 heteroatoms. The molecule has 0 radical (unpaired) electrons. The first-order valence-electron chi connectivity index (χ1n) is 3.77. The molecule has 12 heavy (non-hydrogen) atoms. The van der Waals surface area contributed by atoms with E-state index in [1.54, 1.807) is 26.1 Å². The van der Waals surface area contributed by atoms with Crippen LogP contribution in [0.3, 0.4) is 0 Å². The Bertz CT molecular complexity index is 247. The van der Waals surface area contributed by atoms with E-state index in [1.165, 1.54) is 0 Å². The molecule has 0 aliphatic carbocycles. The number of allylic oxidation sites excluding steroid dienone is 5. The maximum Gasteiger partial charge on any atom is 0.146 e. The Balaban J connectivity index is 4.47. The zero-order valence-corrected chi connectivity index (χ0v) is 7.76. The molecule has 0 unspecified atom stereocenters. The largest absolute Gasteiger partial charge is 0.259 e. The van der Waals surface area contributed by atoms with Crippen molar-refractivity contribution in [3.63, 3.8) is 0 Å². The van der Waals surface area contributed by atoms with Crippen LogP contribution in [0, 0.1) is 0 Å². The summed E-state index contributed by atoms with van der Waals surface area (Å²) >= 11 is 0. The number of rotatable bonds is 3. The Morgan fingerprint density at radius 1 is 1.42 bits per heavy atom. The van der Waals surface area contributed by atoms with Gasteiger partial charge in [0.15, 0.2) is 0 Å². The second-order valence-electron chi connectivity index (χ2n) is 2.48. The van der Waals surface area contributed by atoms with Gasteiger partial charge in [0, 0.05) is 6.21 Å². The van der Waals surface area contributed by atoms with Gasteiger partial charge in [-0.05, 0) is 32.4 Å². The van der Waals surface area contributed by atoms with E-state index in [4.69, 9.17) is 0 Å². The molecule has 1 nitrogen and oxygen atoms in total. The Hall–Kier alpha value is -1.18. The van der Waals surface area contributed by atoms with Gasteiger partial charge < -0.3 is 0 Å². The minimum absolute atomic E-state index is 0.337. The fourth-order valence-electron chi connectivity index (χ4n) is 0.606. The number of halogens is 1. The van der Waals surface area contributed by atoms with Crippen LogP contribution in [0.1, 0.15) is 20.8 Å². The van der Waals surface area contributed by atoms with Crippen molar-refractivity contribution < 1.29 is 4.39 Å². The Morgan fingerprint density at radius 3 is 2.42 bits per heavy atom. The van der Waals surface area contributed by atoms with Crippen LogP contribution in [0.25, 0.3) is 0 Å². The molecule has 0 fully saturated rings. The van der Waals surface area contributed by atoms with Crippen LogP contribution in [-0.4, -0.2) is 6.21 Å². The summed E-state index contributed by atoms with van der Waals surface area (Å²) in [7, 11) is 0. The molecule has 0 aromatic heterocycles. The molecule has 0 atom stereocenters. The number of nitrogens with zero attached hydrogens (tertiary/aromatic N) is 1. The molecule has 0 aliphatic heterocycles. The van der Waals surface area contributed by atoms with Gasteiger partial charge in [0.05, 0.1) is 5.70 Å². The van der Waals surface area contributed by atoms with Gasteiger partial charge in [-0.15, -0.1) is 0 Å². The molecular formula is C10H14FN. The van der Waals surface area contributed by atoms with Crippen molar-refractivity contribution in [1.82, 2.24) is 0 Å². The molecule has 0 spiro atoms. The van der Waals surface area contributed by atoms with Gasteiger partial charge in [-0.1, -0.05) is 12.7 Å². The van der Waals surface area contributed by atoms with Crippen LogP contribution in [0.5, 0.6) is 0 Å². The predicted octanol–water partition coefficient (Wildman–Crippen LogP) is 3.41. The SMILES string of the molecule is C=C(C)\C(F)=C(C)/N=C\C=C\C. The lowest BCUT2D eigenvalue weighted by Gasteiger charge is -1.96. The molecule has 66 valence electrons. The number of hydrogen-bond acceptors (Lipinski definition) is 1. The van der Waals surface area contributed by atoms with Crippen LogP contribution in [0.4, 0.5) is 4.39 Å².